The number of phenols is 1. The van der Waals surface area contributed by atoms with E-state index in [0.717, 1.165) is 11.1 Å². The van der Waals surface area contributed by atoms with E-state index in [2.05, 4.69) is 15.5 Å². The van der Waals surface area contributed by atoms with Crippen LogP contribution in [0.15, 0.2) is 83.0 Å². The van der Waals surface area contributed by atoms with Gasteiger partial charge in [0.1, 0.15) is 11.0 Å². The Labute approximate surface area is 206 Å². The summed E-state index contributed by atoms with van der Waals surface area (Å²) in [5.74, 6) is -0.474. The molecule has 9 heteroatoms. The van der Waals surface area contributed by atoms with Gasteiger partial charge in [0.05, 0.1) is 11.9 Å². The number of amides is 2. The van der Waals surface area contributed by atoms with Crippen molar-refractivity contribution in [3.8, 4) is 5.75 Å². The average Bonchev–Trinajstić information content (AvgIpc) is 3.12. The number of hydrogen-bond acceptors (Lipinski definition) is 6. The Hall–Kier alpha value is -3.62. The molecule has 172 valence electrons. The molecule has 0 spiro atoms. The summed E-state index contributed by atoms with van der Waals surface area (Å²) < 4.78 is 0. The van der Waals surface area contributed by atoms with Crippen LogP contribution in [0.3, 0.4) is 0 Å². The molecule has 0 saturated carbocycles. The molecule has 4 rings (SSSR count). The predicted octanol–water partition coefficient (Wildman–Crippen LogP) is 5.22. The van der Waals surface area contributed by atoms with Gasteiger partial charge in [-0.1, -0.05) is 53.2 Å². The van der Waals surface area contributed by atoms with Crippen molar-refractivity contribution in [2.45, 2.75) is 18.6 Å². The molecule has 1 aliphatic heterocycles. The van der Waals surface area contributed by atoms with Crippen molar-refractivity contribution in [3.63, 3.8) is 0 Å². The van der Waals surface area contributed by atoms with Crippen LogP contribution in [-0.2, 0) is 9.59 Å². The second-order valence-corrected chi connectivity index (χ2v) is 9.20. The Kier molecular flexibility index (Phi) is 7.30. The molecule has 0 bridgehead atoms. The van der Waals surface area contributed by atoms with Crippen molar-refractivity contribution in [1.82, 2.24) is 0 Å². The molecule has 0 aliphatic carbocycles. The minimum atomic E-state index is -0.663. The number of nitrogens with one attached hydrogen (secondary N) is 1. The molecule has 1 unspecified atom stereocenters. The second kappa shape index (κ2) is 10.5. The van der Waals surface area contributed by atoms with Gasteiger partial charge in [-0.25, -0.2) is 0 Å². The number of halogens is 1. The van der Waals surface area contributed by atoms with Gasteiger partial charge in [-0.3, -0.25) is 14.5 Å². The summed E-state index contributed by atoms with van der Waals surface area (Å²) in [6.07, 6.45) is 1.53. The van der Waals surface area contributed by atoms with Gasteiger partial charge in [0, 0.05) is 17.1 Å². The van der Waals surface area contributed by atoms with Crippen molar-refractivity contribution >= 4 is 57.9 Å². The lowest BCUT2D eigenvalue weighted by molar-refractivity contribution is -0.121. The standard InChI is InChI=1S/C25H21ClN4O3S/c1-16-2-8-19(9-3-16)28-23(32)14-22-24(33)30(20-10-12-21(31)13-11-20)25(34-22)29-27-15-17-4-6-18(26)7-5-17/h2-13,15,22,31H,14H2,1H3,(H,28,32)/b27-15+,29-25+. The van der Waals surface area contributed by atoms with E-state index in [1.165, 1.54) is 28.8 Å². The summed E-state index contributed by atoms with van der Waals surface area (Å²) in [6, 6.07) is 20.7. The zero-order valence-corrected chi connectivity index (χ0v) is 19.8. The maximum atomic E-state index is 13.2. The summed E-state index contributed by atoms with van der Waals surface area (Å²) in [4.78, 5) is 27.2. The summed E-state index contributed by atoms with van der Waals surface area (Å²) >= 11 is 7.08. The molecule has 1 heterocycles. The maximum Gasteiger partial charge on any atom is 0.247 e. The molecule has 0 aromatic heterocycles. The fraction of sp³-hybridized carbons (Fsp3) is 0.120. The topological polar surface area (TPSA) is 94.4 Å². The number of carbonyl (C=O) groups is 2. The first-order valence-corrected chi connectivity index (χ1v) is 11.7. The van der Waals surface area contributed by atoms with E-state index >= 15 is 0 Å². The van der Waals surface area contributed by atoms with Crippen LogP contribution in [0.5, 0.6) is 5.75 Å². The molecular weight excluding hydrogens is 472 g/mol. The number of thioether (sulfide) groups is 1. The molecular formula is C25H21ClN4O3S. The number of nitrogens with zero attached hydrogens (tertiary/aromatic N) is 3. The monoisotopic (exact) mass is 492 g/mol. The van der Waals surface area contributed by atoms with Crippen LogP contribution in [-0.4, -0.2) is 33.6 Å². The number of anilines is 2. The van der Waals surface area contributed by atoms with Crippen molar-refractivity contribution in [2.24, 2.45) is 10.2 Å². The molecule has 1 saturated heterocycles. The number of amidine groups is 1. The summed E-state index contributed by atoms with van der Waals surface area (Å²) in [7, 11) is 0. The molecule has 1 atom stereocenters. The van der Waals surface area contributed by atoms with Crippen molar-refractivity contribution in [3.05, 3.63) is 88.9 Å². The van der Waals surface area contributed by atoms with Gasteiger partial charge in [0.2, 0.25) is 11.8 Å². The van der Waals surface area contributed by atoms with Gasteiger partial charge in [-0.05, 0) is 61.0 Å². The Balaban J connectivity index is 1.53. The highest BCUT2D eigenvalue weighted by Crippen LogP contribution is 2.34. The number of phenolic OH excluding ortho intramolecular Hbond substituents is 1. The molecule has 2 N–H and O–H groups in total. The minimum absolute atomic E-state index is 0.0219. The highest BCUT2D eigenvalue weighted by atomic mass is 35.5. The van der Waals surface area contributed by atoms with Crippen LogP contribution in [0.4, 0.5) is 11.4 Å². The smallest absolute Gasteiger partial charge is 0.247 e. The van der Waals surface area contributed by atoms with E-state index in [1.54, 1.807) is 42.6 Å². The highest BCUT2D eigenvalue weighted by molar-refractivity contribution is 8.16. The maximum absolute atomic E-state index is 13.2. The minimum Gasteiger partial charge on any atom is -0.508 e. The Morgan fingerprint density at radius 3 is 2.44 bits per heavy atom. The van der Waals surface area contributed by atoms with Crippen LogP contribution in [0, 0.1) is 6.92 Å². The Morgan fingerprint density at radius 1 is 1.09 bits per heavy atom. The van der Waals surface area contributed by atoms with Crippen LogP contribution >= 0.6 is 23.4 Å². The van der Waals surface area contributed by atoms with E-state index < -0.39 is 5.25 Å². The molecule has 2 amide bonds. The third kappa shape index (κ3) is 5.84. The lowest BCUT2D eigenvalue weighted by Crippen LogP contribution is -2.33. The van der Waals surface area contributed by atoms with E-state index in [4.69, 9.17) is 11.6 Å². The number of benzene rings is 3. The van der Waals surface area contributed by atoms with Gasteiger partial charge < -0.3 is 10.4 Å². The van der Waals surface area contributed by atoms with E-state index in [9.17, 15) is 14.7 Å². The quantitative estimate of drug-likeness (QED) is 0.364. The summed E-state index contributed by atoms with van der Waals surface area (Å²) in [5.41, 5.74) is 3.08. The van der Waals surface area contributed by atoms with Crippen LogP contribution in [0.1, 0.15) is 17.5 Å². The first-order valence-electron chi connectivity index (χ1n) is 10.4. The fourth-order valence-electron chi connectivity index (χ4n) is 3.22. The second-order valence-electron chi connectivity index (χ2n) is 7.59. The van der Waals surface area contributed by atoms with E-state index in [-0.39, 0.29) is 24.0 Å². The molecule has 3 aromatic carbocycles. The van der Waals surface area contributed by atoms with Crippen molar-refractivity contribution in [2.75, 3.05) is 10.2 Å². The molecule has 34 heavy (non-hydrogen) atoms. The number of hydrogen-bond donors (Lipinski definition) is 2. The Morgan fingerprint density at radius 2 is 1.76 bits per heavy atom. The third-order valence-corrected chi connectivity index (χ3v) is 6.35. The number of carbonyl (C=O) groups excluding carboxylic acids is 2. The van der Waals surface area contributed by atoms with Crippen LogP contribution < -0.4 is 10.2 Å². The van der Waals surface area contributed by atoms with Gasteiger partial charge in [0.25, 0.3) is 0 Å². The number of aryl methyl sites for hydroxylation is 1. The van der Waals surface area contributed by atoms with Crippen LogP contribution in [0.2, 0.25) is 5.02 Å². The molecule has 1 fully saturated rings. The van der Waals surface area contributed by atoms with Gasteiger partial charge >= 0.3 is 0 Å². The first-order chi connectivity index (χ1) is 16.4. The SMILES string of the molecule is Cc1ccc(NC(=O)CC2S/C(=N/N=C/c3ccc(Cl)cc3)N(c3ccc(O)cc3)C2=O)cc1. The Bertz CT molecular complexity index is 1240. The predicted molar refractivity (Wildman–Crippen MR) is 138 cm³/mol. The summed E-state index contributed by atoms with van der Waals surface area (Å²) in [5, 5.41) is 21.1. The number of rotatable bonds is 6. The van der Waals surface area contributed by atoms with Gasteiger partial charge in [0.15, 0.2) is 5.17 Å². The average molecular weight is 493 g/mol. The van der Waals surface area contributed by atoms with Crippen molar-refractivity contribution < 1.29 is 14.7 Å². The first kappa shape index (κ1) is 23.5. The summed E-state index contributed by atoms with van der Waals surface area (Å²) in [6.45, 7) is 1.97. The van der Waals surface area contributed by atoms with E-state index in [0.29, 0.717) is 21.6 Å². The van der Waals surface area contributed by atoms with Crippen molar-refractivity contribution in [1.29, 1.82) is 0 Å². The largest absolute Gasteiger partial charge is 0.508 e. The molecule has 1 aliphatic rings. The van der Waals surface area contributed by atoms with E-state index in [1.807, 2.05) is 31.2 Å². The lowest BCUT2D eigenvalue weighted by atomic mass is 10.2. The fourth-order valence-corrected chi connectivity index (χ4v) is 4.43. The van der Waals surface area contributed by atoms with Gasteiger partial charge in [-0.15, -0.1) is 5.10 Å². The zero-order valence-electron chi connectivity index (χ0n) is 18.2. The molecule has 7 nitrogen and oxygen atoms in total. The molecule has 0 radical (unpaired) electrons. The normalized spacial score (nSPS) is 17.0. The third-order valence-electron chi connectivity index (χ3n) is 4.97. The van der Waals surface area contributed by atoms with Gasteiger partial charge in [-0.2, -0.15) is 5.10 Å². The zero-order chi connectivity index (χ0) is 24.1. The lowest BCUT2D eigenvalue weighted by Gasteiger charge is -2.16. The van der Waals surface area contributed by atoms with Crippen LogP contribution in [0.25, 0.3) is 0 Å². The molecule has 3 aromatic rings. The highest BCUT2D eigenvalue weighted by Gasteiger charge is 2.40. The number of aromatic hydroxyl groups is 1.